The lowest BCUT2D eigenvalue weighted by Gasteiger charge is -2.21. The zero-order valence-corrected chi connectivity index (χ0v) is 13.6. The smallest absolute Gasteiger partial charge is 0.254 e. The lowest BCUT2D eigenvalue weighted by atomic mass is 10.1. The maximum Gasteiger partial charge on any atom is 0.254 e. The van der Waals surface area contributed by atoms with Crippen LogP contribution in [-0.4, -0.2) is 44.2 Å². The molecule has 1 aromatic carbocycles. The molecule has 0 spiro atoms. The van der Waals surface area contributed by atoms with Crippen LogP contribution in [0.5, 0.6) is 17.2 Å². The van der Waals surface area contributed by atoms with E-state index in [1.165, 1.54) is 0 Å². The van der Waals surface area contributed by atoms with Crippen LogP contribution in [0.25, 0.3) is 0 Å². The van der Waals surface area contributed by atoms with Crippen molar-refractivity contribution in [1.29, 1.82) is 0 Å². The zero-order chi connectivity index (χ0) is 15.8. The van der Waals surface area contributed by atoms with E-state index in [2.05, 4.69) is 0 Å². The van der Waals surface area contributed by atoms with Crippen molar-refractivity contribution in [2.75, 3.05) is 33.4 Å². The number of carbonyl (C=O) groups excluding carboxylic acids is 1. The molecule has 118 valence electrons. The minimum Gasteiger partial charge on any atom is -0.493 e. The third-order valence-electron chi connectivity index (χ3n) is 3.13. The molecule has 5 nitrogen and oxygen atoms in total. The van der Waals surface area contributed by atoms with Crippen molar-refractivity contribution in [3.05, 3.63) is 17.7 Å². The predicted molar refractivity (Wildman–Crippen MR) is 82.6 cm³/mol. The Bertz CT molecular complexity index is 470. The van der Waals surface area contributed by atoms with Gasteiger partial charge in [-0.05, 0) is 39.8 Å². The number of hydrogen-bond acceptors (Lipinski definition) is 4. The first-order chi connectivity index (χ1) is 10.1. The number of amides is 1. The Kier molecular flexibility index (Phi) is 6.85. The summed E-state index contributed by atoms with van der Waals surface area (Å²) in [6, 6.07) is 3.42. The molecule has 1 rings (SSSR count). The monoisotopic (exact) mass is 295 g/mol. The summed E-state index contributed by atoms with van der Waals surface area (Å²) in [6.45, 7) is 10.0. The average Bonchev–Trinajstić information content (AvgIpc) is 2.50. The van der Waals surface area contributed by atoms with Crippen molar-refractivity contribution < 1.29 is 19.0 Å². The van der Waals surface area contributed by atoms with Crippen molar-refractivity contribution in [2.45, 2.75) is 27.7 Å². The van der Waals surface area contributed by atoms with Gasteiger partial charge in [-0.25, -0.2) is 0 Å². The quantitative estimate of drug-likeness (QED) is 0.740. The van der Waals surface area contributed by atoms with Gasteiger partial charge in [0.05, 0.1) is 20.3 Å². The summed E-state index contributed by atoms with van der Waals surface area (Å²) in [4.78, 5) is 14.2. The highest BCUT2D eigenvalue weighted by Crippen LogP contribution is 2.39. The number of hydrogen-bond donors (Lipinski definition) is 0. The topological polar surface area (TPSA) is 48.0 Å². The van der Waals surface area contributed by atoms with Crippen LogP contribution in [0.3, 0.4) is 0 Å². The first-order valence-corrected chi connectivity index (χ1v) is 7.39. The number of methoxy groups -OCH3 is 1. The second-order valence-corrected chi connectivity index (χ2v) is 4.35. The van der Waals surface area contributed by atoms with E-state index in [9.17, 15) is 4.79 Å². The summed E-state index contributed by atoms with van der Waals surface area (Å²) < 4.78 is 16.5. The van der Waals surface area contributed by atoms with Gasteiger partial charge in [0.2, 0.25) is 5.75 Å². The molecule has 5 heteroatoms. The number of rotatable bonds is 8. The van der Waals surface area contributed by atoms with Gasteiger partial charge >= 0.3 is 0 Å². The van der Waals surface area contributed by atoms with Gasteiger partial charge in [0.25, 0.3) is 5.91 Å². The van der Waals surface area contributed by atoms with Gasteiger partial charge in [0.1, 0.15) is 0 Å². The normalized spacial score (nSPS) is 10.1. The van der Waals surface area contributed by atoms with E-state index < -0.39 is 0 Å². The first kappa shape index (κ1) is 17.1. The van der Waals surface area contributed by atoms with Gasteiger partial charge < -0.3 is 19.1 Å². The van der Waals surface area contributed by atoms with Crippen LogP contribution in [0, 0.1) is 0 Å². The van der Waals surface area contributed by atoms with Crippen LogP contribution >= 0.6 is 0 Å². The minimum atomic E-state index is -0.0395. The molecule has 0 saturated heterocycles. The van der Waals surface area contributed by atoms with Crippen LogP contribution in [-0.2, 0) is 0 Å². The number of carbonyl (C=O) groups is 1. The van der Waals surface area contributed by atoms with Crippen molar-refractivity contribution >= 4 is 5.91 Å². The van der Waals surface area contributed by atoms with Crippen LogP contribution in [0.2, 0.25) is 0 Å². The summed E-state index contributed by atoms with van der Waals surface area (Å²) in [5.41, 5.74) is 0.544. The van der Waals surface area contributed by atoms with Gasteiger partial charge in [-0.15, -0.1) is 0 Å². The molecule has 0 aliphatic heterocycles. The van der Waals surface area contributed by atoms with Crippen LogP contribution in [0.4, 0.5) is 0 Å². The van der Waals surface area contributed by atoms with E-state index in [1.54, 1.807) is 24.1 Å². The van der Waals surface area contributed by atoms with Gasteiger partial charge in [-0.1, -0.05) is 0 Å². The highest BCUT2D eigenvalue weighted by molar-refractivity contribution is 5.95. The van der Waals surface area contributed by atoms with Crippen molar-refractivity contribution in [3.63, 3.8) is 0 Å². The van der Waals surface area contributed by atoms with E-state index in [0.29, 0.717) is 49.1 Å². The Hall–Kier alpha value is -1.91. The molecule has 21 heavy (non-hydrogen) atoms. The molecule has 1 aromatic rings. The lowest BCUT2D eigenvalue weighted by Crippen LogP contribution is -2.30. The van der Waals surface area contributed by atoms with Crippen LogP contribution in [0.1, 0.15) is 38.1 Å². The standard InChI is InChI=1S/C16H25NO4/c1-6-17(7-2)16(18)12-10-13(19-5)15(21-9-4)14(11-12)20-8-3/h10-11H,6-9H2,1-5H3. The van der Waals surface area contributed by atoms with Crippen molar-refractivity contribution in [3.8, 4) is 17.2 Å². The summed E-state index contributed by atoms with van der Waals surface area (Å²) in [5, 5.41) is 0. The molecule has 0 aromatic heterocycles. The molecule has 0 unspecified atom stereocenters. The van der Waals surface area contributed by atoms with Crippen molar-refractivity contribution in [2.24, 2.45) is 0 Å². The number of benzene rings is 1. The molecule has 0 aliphatic carbocycles. The Morgan fingerprint density at radius 2 is 1.57 bits per heavy atom. The van der Waals surface area contributed by atoms with Crippen LogP contribution in [0.15, 0.2) is 12.1 Å². The molecule has 0 N–H and O–H groups in total. The Balaban J connectivity index is 3.28. The minimum absolute atomic E-state index is 0.0395. The third-order valence-corrected chi connectivity index (χ3v) is 3.13. The van der Waals surface area contributed by atoms with E-state index in [1.807, 2.05) is 27.7 Å². The highest BCUT2D eigenvalue weighted by Gasteiger charge is 2.20. The molecule has 0 radical (unpaired) electrons. The fraction of sp³-hybridized carbons (Fsp3) is 0.562. The molecular formula is C16H25NO4. The first-order valence-electron chi connectivity index (χ1n) is 7.39. The third kappa shape index (κ3) is 4.03. The molecule has 0 fully saturated rings. The molecular weight excluding hydrogens is 270 g/mol. The average molecular weight is 295 g/mol. The van der Waals surface area contributed by atoms with Gasteiger partial charge in [-0.2, -0.15) is 0 Å². The highest BCUT2D eigenvalue weighted by atomic mass is 16.5. The van der Waals surface area contributed by atoms with E-state index in [4.69, 9.17) is 14.2 Å². The summed E-state index contributed by atoms with van der Waals surface area (Å²) >= 11 is 0. The lowest BCUT2D eigenvalue weighted by molar-refractivity contribution is 0.0772. The summed E-state index contributed by atoms with van der Waals surface area (Å²) in [5.74, 6) is 1.55. The number of ether oxygens (including phenoxy) is 3. The second kappa shape index (κ2) is 8.39. The summed E-state index contributed by atoms with van der Waals surface area (Å²) in [7, 11) is 1.55. The Morgan fingerprint density at radius 1 is 1.00 bits per heavy atom. The summed E-state index contributed by atoms with van der Waals surface area (Å²) in [6.07, 6.45) is 0. The van der Waals surface area contributed by atoms with Crippen LogP contribution < -0.4 is 14.2 Å². The Morgan fingerprint density at radius 3 is 2.05 bits per heavy atom. The van der Waals surface area contributed by atoms with E-state index >= 15 is 0 Å². The maximum atomic E-state index is 12.5. The second-order valence-electron chi connectivity index (χ2n) is 4.35. The van der Waals surface area contributed by atoms with E-state index in [0.717, 1.165) is 0 Å². The van der Waals surface area contributed by atoms with Gasteiger partial charge in [0.15, 0.2) is 11.5 Å². The molecule has 0 aliphatic rings. The Labute approximate surface area is 126 Å². The maximum absolute atomic E-state index is 12.5. The SMILES string of the molecule is CCOc1cc(C(=O)N(CC)CC)cc(OC)c1OCC. The van der Waals surface area contributed by atoms with Gasteiger partial charge in [-0.3, -0.25) is 4.79 Å². The fourth-order valence-electron chi connectivity index (χ4n) is 2.09. The predicted octanol–water partition coefficient (Wildman–Crippen LogP) is 2.97. The molecule has 0 heterocycles. The molecule has 0 atom stereocenters. The zero-order valence-electron chi connectivity index (χ0n) is 13.6. The molecule has 0 bridgehead atoms. The fourth-order valence-corrected chi connectivity index (χ4v) is 2.09. The largest absolute Gasteiger partial charge is 0.493 e. The van der Waals surface area contributed by atoms with E-state index in [-0.39, 0.29) is 5.91 Å². The van der Waals surface area contributed by atoms with Crippen molar-refractivity contribution in [1.82, 2.24) is 4.90 Å². The molecule has 0 saturated carbocycles. The number of nitrogens with zero attached hydrogens (tertiary/aromatic N) is 1. The van der Waals surface area contributed by atoms with Gasteiger partial charge in [0, 0.05) is 18.7 Å². The molecule has 1 amide bonds.